The molecule has 1 rings (SSSR count). The van der Waals surface area contributed by atoms with Gasteiger partial charge in [0.15, 0.2) is 5.78 Å². The minimum atomic E-state index is -0.313. The summed E-state index contributed by atoms with van der Waals surface area (Å²) in [6.07, 6.45) is 6.24. The summed E-state index contributed by atoms with van der Waals surface area (Å²) in [4.78, 5) is 12.8. The molecule has 0 aromatic heterocycles. The fourth-order valence-electron chi connectivity index (χ4n) is 2.43. The molecule has 0 amide bonds. The molecule has 0 saturated heterocycles. The van der Waals surface area contributed by atoms with Crippen molar-refractivity contribution >= 4 is 5.78 Å². The highest BCUT2D eigenvalue weighted by atomic mass is 16.1. The van der Waals surface area contributed by atoms with E-state index in [-0.39, 0.29) is 28.6 Å². The van der Waals surface area contributed by atoms with Crippen molar-refractivity contribution in [1.29, 1.82) is 0 Å². The second-order valence-electron chi connectivity index (χ2n) is 7.86. The predicted octanol–water partition coefficient (Wildman–Crippen LogP) is 5.10. The highest BCUT2D eigenvalue weighted by Gasteiger charge is 2.38. The van der Waals surface area contributed by atoms with Gasteiger partial charge in [-0.1, -0.05) is 66.7 Å². The van der Waals surface area contributed by atoms with Crippen LogP contribution in [0.3, 0.4) is 0 Å². The van der Waals surface area contributed by atoms with Crippen molar-refractivity contribution in [3.8, 4) is 0 Å². The van der Waals surface area contributed by atoms with Gasteiger partial charge in [-0.05, 0) is 17.3 Å². The summed E-state index contributed by atoms with van der Waals surface area (Å²) in [5, 5.41) is 0. The highest BCUT2D eigenvalue weighted by molar-refractivity contribution is 6.10. The Bertz CT molecular complexity index is 484. The zero-order chi connectivity index (χ0) is 16.6. The Balaban J connectivity index is 3.41. The summed E-state index contributed by atoms with van der Waals surface area (Å²) in [6.45, 7) is 14.2. The number of allylic oxidation sites excluding steroid dienone is 5. The first-order valence-electron chi connectivity index (χ1n) is 7.91. The lowest BCUT2D eigenvalue weighted by molar-refractivity contribution is -0.114. The summed E-state index contributed by atoms with van der Waals surface area (Å²) < 4.78 is 14.6. The predicted molar refractivity (Wildman–Crippen MR) is 83.0 cm³/mol. The Morgan fingerprint density at radius 2 is 1.58 bits per heavy atom. The Kier molecular flexibility index (Phi) is 3.24. The lowest BCUT2D eigenvalue weighted by Crippen LogP contribution is -2.32. The average Bonchev–Trinajstić information content (AvgIpc) is 2.27. The summed E-state index contributed by atoms with van der Waals surface area (Å²) in [6, 6.07) is 0. The zero-order valence-corrected chi connectivity index (χ0v) is 13.3. The van der Waals surface area contributed by atoms with Gasteiger partial charge in [0.1, 0.15) is 0 Å². The van der Waals surface area contributed by atoms with E-state index in [1.54, 1.807) is 6.08 Å². The van der Waals surface area contributed by atoms with Crippen molar-refractivity contribution in [2.75, 3.05) is 0 Å². The molecule has 0 aromatic carbocycles. The normalized spacial score (nSPS) is 21.1. The monoisotopic (exact) mass is 262 g/mol. The van der Waals surface area contributed by atoms with E-state index < -0.39 is 0 Å². The molecule has 1 nitrogen and oxygen atoms in total. The fourth-order valence-corrected chi connectivity index (χ4v) is 2.43. The molecule has 0 atom stereocenters. The molecule has 0 saturated carbocycles. The van der Waals surface area contributed by atoms with Crippen LogP contribution in [0.25, 0.3) is 0 Å². The Morgan fingerprint density at radius 3 is 1.89 bits per heavy atom. The number of ketones is 1. The molecule has 19 heavy (non-hydrogen) atoms. The molecule has 106 valence electrons. The summed E-state index contributed by atoms with van der Waals surface area (Å²) in [7, 11) is 0. The van der Waals surface area contributed by atoms with Crippen LogP contribution in [0.2, 0.25) is 0 Å². The van der Waals surface area contributed by atoms with Gasteiger partial charge in [-0.2, -0.15) is 0 Å². The van der Waals surface area contributed by atoms with Gasteiger partial charge in [0, 0.05) is 16.6 Å². The van der Waals surface area contributed by atoms with Crippen molar-refractivity contribution in [2.45, 2.75) is 54.9 Å². The molecular formula is C18H28O. The van der Waals surface area contributed by atoms with Gasteiger partial charge in [0.2, 0.25) is 0 Å². The molecule has 0 N–H and O–H groups in total. The first-order valence-corrected chi connectivity index (χ1v) is 6.91. The van der Waals surface area contributed by atoms with Crippen LogP contribution in [0.4, 0.5) is 0 Å². The Hall–Kier alpha value is -1.11. The highest BCUT2D eigenvalue weighted by Crippen LogP contribution is 2.44. The van der Waals surface area contributed by atoms with E-state index in [1.807, 2.05) is 12.2 Å². The number of rotatable bonds is 2. The third-order valence-corrected chi connectivity index (χ3v) is 3.60. The van der Waals surface area contributed by atoms with E-state index in [0.29, 0.717) is 6.42 Å². The summed E-state index contributed by atoms with van der Waals surface area (Å²) >= 11 is 0. The Morgan fingerprint density at radius 1 is 1.16 bits per heavy atom. The van der Waals surface area contributed by atoms with Crippen LogP contribution in [0.1, 0.15) is 57.6 Å². The van der Waals surface area contributed by atoms with Crippen molar-refractivity contribution < 1.29 is 7.54 Å². The molecule has 0 aliphatic heterocycles. The van der Waals surface area contributed by atoms with Crippen LogP contribution in [-0.4, -0.2) is 5.78 Å². The molecular weight excluding hydrogens is 232 g/mol. The number of hydrogen-bond donors (Lipinski definition) is 0. The molecule has 0 bridgehead atoms. The van der Waals surface area contributed by atoms with Gasteiger partial charge in [0.05, 0.1) is 2.74 Å². The average molecular weight is 262 g/mol. The first kappa shape index (κ1) is 12.9. The van der Waals surface area contributed by atoms with Crippen LogP contribution >= 0.6 is 0 Å². The minimum Gasteiger partial charge on any atom is -0.289 e. The molecule has 1 heteroatoms. The van der Waals surface area contributed by atoms with Crippen LogP contribution < -0.4 is 0 Å². The number of hydrogen-bond acceptors (Lipinski definition) is 1. The maximum absolute atomic E-state index is 12.8. The van der Waals surface area contributed by atoms with E-state index in [0.717, 1.165) is 11.1 Å². The van der Waals surface area contributed by atoms with Crippen molar-refractivity contribution in [2.24, 2.45) is 16.2 Å². The number of carbonyl (C=O) groups excluding carboxylic acids is 1. The molecule has 0 heterocycles. The maximum atomic E-state index is 12.8. The van der Waals surface area contributed by atoms with E-state index in [9.17, 15) is 4.79 Å². The third-order valence-electron chi connectivity index (χ3n) is 3.60. The standard InChI is InChI=1S/C18H28O/c1-9-10-18(8)11-13(16(2,3)4)15(19)14(12-18)17(5,6)7/h9,11-12H,1,10H2,2-8H3/i1D2. The maximum Gasteiger partial charge on any atom is 0.185 e. The Labute approximate surface area is 121 Å². The van der Waals surface area contributed by atoms with Crippen molar-refractivity contribution in [3.05, 3.63) is 35.9 Å². The lowest BCUT2D eigenvalue weighted by Gasteiger charge is -2.37. The molecule has 0 fully saturated rings. The largest absolute Gasteiger partial charge is 0.289 e. The van der Waals surface area contributed by atoms with Crippen LogP contribution in [-0.2, 0) is 4.79 Å². The molecule has 0 unspecified atom stereocenters. The van der Waals surface area contributed by atoms with E-state index >= 15 is 0 Å². The van der Waals surface area contributed by atoms with Crippen LogP contribution in [0, 0.1) is 16.2 Å². The van der Waals surface area contributed by atoms with Crippen molar-refractivity contribution in [1.82, 2.24) is 0 Å². The topological polar surface area (TPSA) is 17.1 Å². The summed E-state index contributed by atoms with van der Waals surface area (Å²) in [5.74, 6) is 0.133. The molecule has 1 aliphatic rings. The quantitative estimate of drug-likeness (QED) is 0.633. The van der Waals surface area contributed by atoms with Gasteiger partial charge < -0.3 is 0 Å². The number of Topliss-reactive ketones (excluding diaryl/α,β-unsaturated/α-hetero) is 1. The molecule has 0 radical (unpaired) electrons. The third kappa shape index (κ3) is 3.46. The SMILES string of the molecule is [2H]C([2H])=CCC1(C)C=C(C(C)(C)C)C(=O)C(C(C)(C)C)=C1. The van der Waals surface area contributed by atoms with Crippen LogP contribution in [0.5, 0.6) is 0 Å². The van der Waals surface area contributed by atoms with E-state index in [1.165, 1.54) is 0 Å². The van der Waals surface area contributed by atoms with E-state index in [4.69, 9.17) is 2.74 Å². The van der Waals surface area contributed by atoms with Gasteiger partial charge >= 0.3 is 0 Å². The number of carbonyl (C=O) groups is 1. The van der Waals surface area contributed by atoms with Crippen LogP contribution in [0.15, 0.2) is 35.9 Å². The zero-order valence-electron chi connectivity index (χ0n) is 15.3. The smallest absolute Gasteiger partial charge is 0.185 e. The molecule has 0 spiro atoms. The van der Waals surface area contributed by atoms with Gasteiger partial charge in [-0.25, -0.2) is 0 Å². The molecule has 1 aliphatic carbocycles. The fraction of sp³-hybridized carbons (Fsp3) is 0.611. The second-order valence-corrected chi connectivity index (χ2v) is 7.86. The van der Waals surface area contributed by atoms with E-state index in [2.05, 4.69) is 48.5 Å². The minimum absolute atomic E-state index is 0.133. The second kappa shape index (κ2) is 4.77. The first-order chi connectivity index (χ1) is 9.26. The molecule has 0 aromatic rings. The van der Waals surface area contributed by atoms with Gasteiger partial charge in [0.25, 0.3) is 0 Å². The van der Waals surface area contributed by atoms with Gasteiger partial charge in [-0.3, -0.25) is 4.79 Å². The van der Waals surface area contributed by atoms with Gasteiger partial charge in [-0.15, -0.1) is 6.53 Å². The van der Waals surface area contributed by atoms with Crippen molar-refractivity contribution in [3.63, 3.8) is 0 Å². The summed E-state index contributed by atoms with van der Waals surface area (Å²) in [5.41, 5.74) is 0.937. The lowest BCUT2D eigenvalue weighted by atomic mass is 9.66.